The van der Waals surface area contributed by atoms with Crippen LogP contribution >= 0.6 is 43.5 Å². The molecule has 0 atom stereocenters. The molecule has 1 aliphatic carbocycles. The average Bonchev–Trinajstić information content (AvgIpc) is 3.10. The molecule has 2 nitrogen and oxygen atoms in total. The van der Waals surface area contributed by atoms with E-state index in [-0.39, 0.29) is 11.3 Å². The van der Waals surface area contributed by atoms with Crippen molar-refractivity contribution in [2.24, 2.45) is 5.41 Å². The minimum atomic E-state index is -0.0772. The summed E-state index contributed by atoms with van der Waals surface area (Å²) in [5.41, 5.74) is 0.864. The summed E-state index contributed by atoms with van der Waals surface area (Å²) in [4.78, 5) is 12.0. The van der Waals surface area contributed by atoms with Crippen molar-refractivity contribution < 1.29 is 4.79 Å². The molecule has 0 bridgehead atoms. The van der Waals surface area contributed by atoms with Crippen LogP contribution in [0.1, 0.15) is 23.2 Å². The standard InChI is InChI=1S/C12H12Br2ClNO/c13-6-12(3-4-12)7-16-11(17)9-5-8(15)1-2-10(9)14/h1-2,5H,3-4,6-7H2,(H,16,17). The Kier molecular flexibility index (Phi) is 4.16. The fourth-order valence-corrected chi connectivity index (χ4v) is 2.93. The minimum Gasteiger partial charge on any atom is -0.351 e. The first-order valence-electron chi connectivity index (χ1n) is 5.36. The van der Waals surface area contributed by atoms with Gasteiger partial charge in [0, 0.05) is 21.4 Å². The van der Waals surface area contributed by atoms with Gasteiger partial charge in [0.2, 0.25) is 0 Å². The third-order valence-corrected chi connectivity index (χ3v) is 5.15. The molecule has 1 aromatic carbocycles. The Bertz CT molecular complexity index is 446. The summed E-state index contributed by atoms with van der Waals surface area (Å²) >= 11 is 12.7. The van der Waals surface area contributed by atoms with Gasteiger partial charge in [-0.15, -0.1) is 0 Å². The van der Waals surface area contributed by atoms with Gasteiger partial charge in [-0.1, -0.05) is 27.5 Å². The number of halogens is 3. The molecule has 0 radical (unpaired) electrons. The summed E-state index contributed by atoms with van der Waals surface area (Å²) in [7, 11) is 0. The van der Waals surface area contributed by atoms with E-state index >= 15 is 0 Å². The zero-order valence-electron chi connectivity index (χ0n) is 9.10. The van der Waals surface area contributed by atoms with Crippen molar-refractivity contribution in [2.45, 2.75) is 12.8 Å². The van der Waals surface area contributed by atoms with Crippen molar-refractivity contribution in [2.75, 3.05) is 11.9 Å². The SMILES string of the molecule is O=C(NCC1(CBr)CC1)c1cc(Cl)ccc1Br. The van der Waals surface area contributed by atoms with Crippen LogP contribution in [0.3, 0.4) is 0 Å². The Morgan fingerprint density at radius 1 is 1.47 bits per heavy atom. The molecule has 0 heterocycles. The Morgan fingerprint density at radius 2 is 2.18 bits per heavy atom. The van der Waals surface area contributed by atoms with Crippen LogP contribution in [0.25, 0.3) is 0 Å². The van der Waals surface area contributed by atoms with Gasteiger partial charge in [-0.3, -0.25) is 4.79 Å². The number of nitrogens with one attached hydrogen (secondary N) is 1. The molecular weight excluding hydrogens is 369 g/mol. The number of hydrogen-bond acceptors (Lipinski definition) is 1. The first-order valence-corrected chi connectivity index (χ1v) is 7.65. The molecule has 0 saturated heterocycles. The number of amides is 1. The maximum Gasteiger partial charge on any atom is 0.252 e. The first-order chi connectivity index (χ1) is 8.06. The molecular formula is C12H12Br2ClNO. The monoisotopic (exact) mass is 379 g/mol. The Labute approximate surface area is 122 Å². The van der Waals surface area contributed by atoms with Crippen LogP contribution in [0.2, 0.25) is 5.02 Å². The number of hydrogen-bond donors (Lipinski definition) is 1. The number of alkyl halides is 1. The van der Waals surface area contributed by atoms with E-state index in [1.54, 1.807) is 18.2 Å². The highest BCUT2D eigenvalue weighted by Crippen LogP contribution is 2.46. The molecule has 1 fully saturated rings. The van der Waals surface area contributed by atoms with Crippen LogP contribution in [0.15, 0.2) is 22.7 Å². The zero-order valence-corrected chi connectivity index (χ0v) is 13.0. The van der Waals surface area contributed by atoms with Gasteiger partial charge in [-0.2, -0.15) is 0 Å². The Hall–Kier alpha value is -0.0600. The second-order valence-electron chi connectivity index (χ2n) is 4.44. The molecule has 0 spiro atoms. The van der Waals surface area contributed by atoms with Gasteiger partial charge in [0.15, 0.2) is 0 Å². The average molecular weight is 381 g/mol. The Balaban J connectivity index is 2.02. The van der Waals surface area contributed by atoms with Crippen LogP contribution in [-0.4, -0.2) is 17.8 Å². The summed E-state index contributed by atoms with van der Waals surface area (Å²) < 4.78 is 0.767. The topological polar surface area (TPSA) is 29.1 Å². The van der Waals surface area contributed by atoms with Crippen LogP contribution in [0.5, 0.6) is 0 Å². The summed E-state index contributed by atoms with van der Waals surface area (Å²) in [5.74, 6) is -0.0772. The van der Waals surface area contributed by atoms with Gasteiger partial charge in [0.05, 0.1) is 5.56 Å². The van der Waals surface area contributed by atoms with Gasteiger partial charge in [-0.25, -0.2) is 0 Å². The fraction of sp³-hybridized carbons (Fsp3) is 0.417. The normalized spacial score (nSPS) is 16.6. The van der Waals surface area contributed by atoms with Gasteiger partial charge in [0.1, 0.15) is 0 Å². The third-order valence-electron chi connectivity index (χ3n) is 3.04. The highest BCUT2D eigenvalue weighted by Gasteiger charge is 2.41. The quantitative estimate of drug-likeness (QED) is 0.785. The summed E-state index contributed by atoms with van der Waals surface area (Å²) in [6.45, 7) is 0.718. The molecule has 17 heavy (non-hydrogen) atoms. The molecule has 1 amide bonds. The van der Waals surface area contributed by atoms with Crippen LogP contribution in [0.4, 0.5) is 0 Å². The number of carbonyl (C=O) groups excluding carboxylic acids is 1. The second kappa shape index (κ2) is 5.29. The van der Waals surface area contributed by atoms with Gasteiger partial charge in [-0.05, 0) is 52.4 Å². The van der Waals surface area contributed by atoms with Crippen molar-refractivity contribution in [1.82, 2.24) is 5.32 Å². The van der Waals surface area contributed by atoms with E-state index < -0.39 is 0 Å². The minimum absolute atomic E-state index is 0.0772. The van der Waals surface area contributed by atoms with Crippen molar-refractivity contribution in [3.63, 3.8) is 0 Å². The molecule has 0 aliphatic heterocycles. The highest BCUT2D eigenvalue weighted by molar-refractivity contribution is 9.10. The maximum absolute atomic E-state index is 12.0. The molecule has 1 aliphatic rings. The van der Waals surface area contributed by atoms with Crippen LogP contribution in [-0.2, 0) is 0 Å². The van der Waals surface area contributed by atoms with Crippen LogP contribution < -0.4 is 5.32 Å². The predicted molar refractivity (Wildman–Crippen MR) is 76.9 cm³/mol. The van der Waals surface area contributed by atoms with E-state index in [9.17, 15) is 4.79 Å². The number of carbonyl (C=O) groups is 1. The Morgan fingerprint density at radius 3 is 2.76 bits per heavy atom. The largest absolute Gasteiger partial charge is 0.351 e. The molecule has 1 saturated carbocycles. The third kappa shape index (κ3) is 3.24. The summed E-state index contributed by atoms with van der Waals surface area (Å²) in [5, 5.41) is 4.47. The van der Waals surface area contributed by atoms with Gasteiger partial charge < -0.3 is 5.32 Å². The van der Waals surface area contributed by atoms with E-state index in [0.29, 0.717) is 10.6 Å². The molecule has 1 N–H and O–H groups in total. The van der Waals surface area contributed by atoms with E-state index in [4.69, 9.17) is 11.6 Å². The van der Waals surface area contributed by atoms with Crippen molar-refractivity contribution in [1.29, 1.82) is 0 Å². The van der Waals surface area contributed by atoms with Crippen LogP contribution in [0, 0.1) is 5.41 Å². The summed E-state index contributed by atoms with van der Waals surface area (Å²) in [6, 6.07) is 5.21. The van der Waals surface area contributed by atoms with Crippen molar-refractivity contribution >= 4 is 49.4 Å². The molecule has 1 aromatic rings. The lowest BCUT2D eigenvalue weighted by Gasteiger charge is -2.13. The van der Waals surface area contributed by atoms with E-state index in [1.165, 1.54) is 12.8 Å². The molecule has 2 rings (SSSR count). The first kappa shape index (κ1) is 13.4. The zero-order chi connectivity index (χ0) is 12.5. The maximum atomic E-state index is 12.0. The predicted octanol–water partition coefficient (Wildman–Crippen LogP) is 4.01. The lowest BCUT2D eigenvalue weighted by atomic mass is 10.1. The van der Waals surface area contributed by atoms with Gasteiger partial charge in [0.25, 0.3) is 5.91 Å². The van der Waals surface area contributed by atoms with Crippen molar-refractivity contribution in [3.8, 4) is 0 Å². The second-order valence-corrected chi connectivity index (χ2v) is 6.29. The molecule has 5 heteroatoms. The van der Waals surface area contributed by atoms with E-state index in [1.807, 2.05) is 0 Å². The lowest BCUT2D eigenvalue weighted by Crippen LogP contribution is -2.31. The lowest BCUT2D eigenvalue weighted by molar-refractivity contribution is 0.0946. The summed E-state index contributed by atoms with van der Waals surface area (Å²) in [6.07, 6.45) is 2.35. The van der Waals surface area contributed by atoms with E-state index in [2.05, 4.69) is 37.2 Å². The molecule has 92 valence electrons. The number of benzene rings is 1. The fourth-order valence-electron chi connectivity index (χ4n) is 1.57. The van der Waals surface area contributed by atoms with Crippen molar-refractivity contribution in [3.05, 3.63) is 33.3 Å². The highest BCUT2D eigenvalue weighted by atomic mass is 79.9. The van der Waals surface area contributed by atoms with E-state index in [0.717, 1.165) is 16.3 Å². The smallest absolute Gasteiger partial charge is 0.252 e. The molecule has 0 aromatic heterocycles. The van der Waals surface area contributed by atoms with Gasteiger partial charge >= 0.3 is 0 Å². The molecule has 0 unspecified atom stereocenters. The number of rotatable bonds is 4.